The molecule has 0 bridgehead atoms. The molecule has 0 heterocycles. The van der Waals surface area contributed by atoms with Crippen LogP contribution in [0.5, 0.6) is 0 Å². The molecule has 0 aliphatic carbocycles. The largest absolute Gasteiger partial charge is 0.380 e. The SMILES string of the molecule is CCCNC(C)c1ccc(N(C)CCOCC)cc1. The van der Waals surface area contributed by atoms with E-state index >= 15 is 0 Å². The maximum atomic E-state index is 5.38. The lowest BCUT2D eigenvalue weighted by atomic mass is 10.1. The van der Waals surface area contributed by atoms with Crippen molar-refractivity contribution in [3.63, 3.8) is 0 Å². The summed E-state index contributed by atoms with van der Waals surface area (Å²) in [5.41, 5.74) is 2.58. The summed E-state index contributed by atoms with van der Waals surface area (Å²) in [4.78, 5) is 2.23. The van der Waals surface area contributed by atoms with E-state index in [0.717, 1.165) is 26.3 Å². The smallest absolute Gasteiger partial charge is 0.0641 e. The Kier molecular flexibility index (Phi) is 7.53. The number of nitrogens with zero attached hydrogens (tertiary/aromatic N) is 1. The zero-order valence-electron chi connectivity index (χ0n) is 12.8. The number of benzene rings is 1. The van der Waals surface area contributed by atoms with Gasteiger partial charge in [0, 0.05) is 31.9 Å². The van der Waals surface area contributed by atoms with Crippen molar-refractivity contribution in [1.82, 2.24) is 5.32 Å². The van der Waals surface area contributed by atoms with Crippen LogP contribution in [-0.4, -0.2) is 33.4 Å². The molecule has 1 aromatic carbocycles. The minimum Gasteiger partial charge on any atom is -0.380 e. The minimum atomic E-state index is 0.419. The first-order valence-corrected chi connectivity index (χ1v) is 7.31. The predicted molar refractivity (Wildman–Crippen MR) is 82.9 cm³/mol. The highest BCUT2D eigenvalue weighted by molar-refractivity contribution is 5.47. The Labute approximate surface area is 118 Å². The van der Waals surface area contributed by atoms with Gasteiger partial charge in [-0.25, -0.2) is 0 Å². The van der Waals surface area contributed by atoms with E-state index in [2.05, 4.69) is 55.4 Å². The van der Waals surface area contributed by atoms with Crippen molar-refractivity contribution in [2.75, 3.05) is 38.3 Å². The van der Waals surface area contributed by atoms with Gasteiger partial charge in [-0.15, -0.1) is 0 Å². The molecule has 1 N–H and O–H groups in total. The van der Waals surface area contributed by atoms with Crippen molar-refractivity contribution >= 4 is 5.69 Å². The van der Waals surface area contributed by atoms with E-state index in [1.165, 1.54) is 17.7 Å². The standard InChI is InChI=1S/C16H28N2O/c1-5-11-17-14(3)15-7-9-16(10-8-15)18(4)12-13-19-6-2/h7-10,14,17H,5-6,11-13H2,1-4H3. The third-order valence-electron chi connectivity index (χ3n) is 3.31. The first kappa shape index (κ1) is 16.0. The highest BCUT2D eigenvalue weighted by Crippen LogP contribution is 2.18. The Bertz CT molecular complexity index is 337. The molecule has 0 aliphatic rings. The summed E-state index contributed by atoms with van der Waals surface area (Å²) >= 11 is 0. The normalized spacial score (nSPS) is 12.4. The van der Waals surface area contributed by atoms with E-state index in [1.54, 1.807) is 0 Å². The lowest BCUT2D eigenvalue weighted by Crippen LogP contribution is -2.23. The summed E-state index contributed by atoms with van der Waals surface area (Å²) in [6, 6.07) is 9.21. The minimum absolute atomic E-state index is 0.419. The number of hydrogen-bond acceptors (Lipinski definition) is 3. The molecule has 0 fully saturated rings. The van der Waals surface area contributed by atoms with Gasteiger partial charge in [0.15, 0.2) is 0 Å². The predicted octanol–water partition coefficient (Wildman–Crippen LogP) is 3.22. The number of ether oxygens (including phenoxy) is 1. The molecule has 1 atom stereocenters. The zero-order chi connectivity index (χ0) is 14.1. The highest BCUT2D eigenvalue weighted by Gasteiger charge is 2.05. The molecule has 0 saturated carbocycles. The van der Waals surface area contributed by atoms with Crippen LogP contribution in [0.3, 0.4) is 0 Å². The summed E-state index contributed by atoms with van der Waals surface area (Å²) in [5.74, 6) is 0. The number of nitrogens with one attached hydrogen (secondary N) is 1. The third-order valence-corrected chi connectivity index (χ3v) is 3.31. The van der Waals surface area contributed by atoms with Crippen LogP contribution in [0.1, 0.15) is 38.8 Å². The molecule has 0 aromatic heterocycles. The lowest BCUT2D eigenvalue weighted by molar-refractivity contribution is 0.154. The molecule has 0 aliphatic heterocycles. The second kappa shape index (κ2) is 8.94. The summed E-state index contributed by atoms with van der Waals surface area (Å²) < 4.78 is 5.38. The molecule has 108 valence electrons. The van der Waals surface area contributed by atoms with Gasteiger partial charge >= 0.3 is 0 Å². The molecular formula is C16H28N2O. The molecule has 0 radical (unpaired) electrons. The topological polar surface area (TPSA) is 24.5 Å². The van der Waals surface area contributed by atoms with Crippen molar-refractivity contribution in [2.45, 2.75) is 33.2 Å². The first-order valence-electron chi connectivity index (χ1n) is 7.31. The Balaban J connectivity index is 2.50. The van der Waals surface area contributed by atoms with E-state index in [9.17, 15) is 0 Å². The van der Waals surface area contributed by atoms with Gasteiger partial charge in [0.1, 0.15) is 0 Å². The summed E-state index contributed by atoms with van der Waals surface area (Å²) in [6.45, 7) is 9.99. The van der Waals surface area contributed by atoms with Crippen LogP contribution in [0.4, 0.5) is 5.69 Å². The molecule has 1 aromatic rings. The summed E-state index contributed by atoms with van der Waals surface area (Å²) in [5, 5.41) is 3.51. The van der Waals surface area contributed by atoms with E-state index < -0.39 is 0 Å². The Morgan fingerprint density at radius 2 is 1.89 bits per heavy atom. The van der Waals surface area contributed by atoms with Crippen LogP contribution in [0.2, 0.25) is 0 Å². The van der Waals surface area contributed by atoms with Crippen molar-refractivity contribution in [3.05, 3.63) is 29.8 Å². The zero-order valence-corrected chi connectivity index (χ0v) is 12.8. The number of rotatable bonds is 9. The highest BCUT2D eigenvalue weighted by atomic mass is 16.5. The molecule has 0 saturated heterocycles. The molecule has 19 heavy (non-hydrogen) atoms. The average molecular weight is 264 g/mol. The quantitative estimate of drug-likeness (QED) is 0.693. The molecular weight excluding hydrogens is 236 g/mol. The van der Waals surface area contributed by atoms with Gasteiger partial charge in [-0.2, -0.15) is 0 Å². The Morgan fingerprint density at radius 1 is 1.21 bits per heavy atom. The van der Waals surface area contributed by atoms with Crippen LogP contribution in [0.25, 0.3) is 0 Å². The first-order chi connectivity index (χ1) is 9.19. The van der Waals surface area contributed by atoms with Gasteiger partial charge in [-0.05, 0) is 44.5 Å². The fraction of sp³-hybridized carbons (Fsp3) is 0.625. The average Bonchev–Trinajstić information content (AvgIpc) is 2.45. The van der Waals surface area contributed by atoms with Crippen LogP contribution < -0.4 is 10.2 Å². The van der Waals surface area contributed by atoms with E-state index in [4.69, 9.17) is 4.74 Å². The van der Waals surface area contributed by atoms with Gasteiger partial charge in [0.25, 0.3) is 0 Å². The molecule has 3 heteroatoms. The number of hydrogen-bond donors (Lipinski definition) is 1. The van der Waals surface area contributed by atoms with E-state index in [0.29, 0.717) is 6.04 Å². The van der Waals surface area contributed by atoms with Crippen molar-refractivity contribution in [3.8, 4) is 0 Å². The van der Waals surface area contributed by atoms with E-state index in [-0.39, 0.29) is 0 Å². The van der Waals surface area contributed by atoms with Gasteiger partial charge in [-0.1, -0.05) is 19.1 Å². The molecule has 3 nitrogen and oxygen atoms in total. The maximum Gasteiger partial charge on any atom is 0.0641 e. The van der Waals surface area contributed by atoms with Crippen LogP contribution in [-0.2, 0) is 4.74 Å². The van der Waals surface area contributed by atoms with Crippen molar-refractivity contribution < 1.29 is 4.74 Å². The van der Waals surface area contributed by atoms with Crippen LogP contribution in [0.15, 0.2) is 24.3 Å². The number of anilines is 1. The van der Waals surface area contributed by atoms with Gasteiger partial charge < -0.3 is 15.0 Å². The summed E-state index contributed by atoms with van der Waals surface area (Å²) in [7, 11) is 2.10. The fourth-order valence-corrected chi connectivity index (χ4v) is 1.97. The summed E-state index contributed by atoms with van der Waals surface area (Å²) in [6.07, 6.45) is 1.17. The monoisotopic (exact) mass is 264 g/mol. The molecule has 1 rings (SSSR count). The van der Waals surface area contributed by atoms with Crippen LogP contribution >= 0.6 is 0 Å². The second-order valence-electron chi connectivity index (χ2n) is 4.89. The molecule has 1 unspecified atom stereocenters. The van der Waals surface area contributed by atoms with E-state index in [1.807, 2.05) is 6.92 Å². The van der Waals surface area contributed by atoms with Gasteiger partial charge in [-0.3, -0.25) is 0 Å². The Hall–Kier alpha value is -1.06. The lowest BCUT2D eigenvalue weighted by Gasteiger charge is -2.20. The van der Waals surface area contributed by atoms with Gasteiger partial charge in [0.05, 0.1) is 6.61 Å². The number of likely N-dealkylation sites (N-methyl/N-ethyl adjacent to an activating group) is 1. The second-order valence-corrected chi connectivity index (χ2v) is 4.89. The maximum absolute atomic E-state index is 5.38. The third kappa shape index (κ3) is 5.62. The van der Waals surface area contributed by atoms with Crippen molar-refractivity contribution in [1.29, 1.82) is 0 Å². The van der Waals surface area contributed by atoms with Crippen LogP contribution in [0, 0.1) is 0 Å². The fourth-order valence-electron chi connectivity index (χ4n) is 1.97. The Morgan fingerprint density at radius 3 is 2.47 bits per heavy atom. The van der Waals surface area contributed by atoms with Gasteiger partial charge in [0.2, 0.25) is 0 Å². The molecule has 0 amide bonds. The van der Waals surface area contributed by atoms with Crippen molar-refractivity contribution in [2.24, 2.45) is 0 Å². The molecule has 0 spiro atoms.